The number of ether oxygens (including phenoxy) is 2. The van der Waals surface area contributed by atoms with Crippen molar-refractivity contribution in [1.29, 1.82) is 0 Å². The molecule has 6 nitrogen and oxygen atoms in total. The Balaban J connectivity index is 0.000000471. The predicted molar refractivity (Wildman–Crippen MR) is 178 cm³/mol. The van der Waals surface area contributed by atoms with Crippen LogP contribution in [0.1, 0.15) is 106 Å². The van der Waals surface area contributed by atoms with Crippen LogP contribution < -0.4 is 9.47 Å². The minimum Gasteiger partial charge on any atom is -0.479 e. The van der Waals surface area contributed by atoms with Crippen molar-refractivity contribution < 1.29 is 18.3 Å². The summed E-state index contributed by atoms with van der Waals surface area (Å²) in [5, 5.41) is 4.55. The number of halogens is 2. The van der Waals surface area contributed by atoms with E-state index < -0.39 is 5.92 Å². The fourth-order valence-electron chi connectivity index (χ4n) is 6.40. The van der Waals surface area contributed by atoms with Crippen LogP contribution in [0.15, 0.2) is 60.3 Å². The molecule has 2 unspecified atom stereocenters. The van der Waals surface area contributed by atoms with Crippen molar-refractivity contribution >= 4 is 5.57 Å². The van der Waals surface area contributed by atoms with Gasteiger partial charge in [0.25, 0.3) is 5.92 Å². The molecule has 3 aromatic rings. The Labute approximate surface area is 271 Å². The summed E-state index contributed by atoms with van der Waals surface area (Å²) in [6, 6.07) is 7.99. The minimum absolute atomic E-state index is 0.00142. The lowest BCUT2D eigenvalue weighted by molar-refractivity contribution is 0.0675. The maximum Gasteiger partial charge on any atom is 0.270 e. The predicted octanol–water partition coefficient (Wildman–Crippen LogP) is 9.59. The van der Waals surface area contributed by atoms with Crippen LogP contribution in [-0.2, 0) is 13.7 Å². The van der Waals surface area contributed by atoms with Crippen molar-refractivity contribution in [1.82, 2.24) is 19.7 Å². The molecule has 7 rings (SSSR count). The second-order valence-corrected chi connectivity index (χ2v) is 13.4. The number of alkyl halides is 2. The maximum atomic E-state index is 13.9. The third kappa shape index (κ3) is 7.26. The van der Waals surface area contributed by atoms with Gasteiger partial charge in [-0.15, -0.1) is 5.10 Å². The molecule has 1 aromatic carbocycles. The SMILES string of the molecule is CC1CC=CCC1.CCC1C=C(C(C)(F)F)C=C1c1ccc(COc2nc(-c3c(OC)nn(C)c3C3CC3)ncc2C2CC2)cc1. The van der Waals surface area contributed by atoms with E-state index in [0.717, 1.165) is 78.5 Å². The first-order chi connectivity index (χ1) is 22.2. The Morgan fingerprint density at radius 2 is 1.74 bits per heavy atom. The summed E-state index contributed by atoms with van der Waals surface area (Å²) in [5.41, 5.74) is 5.97. The van der Waals surface area contributed by atoms with Crippen LogP contribution >= 0.6 is 0 Å². The molecular weight excluding hydrogens is 582 g/mol. The molecule has 2 fully saturated rings. The van der Waals surface area contributed by atoms with Gasteiger partial charge in [0, 0.05) is 43.1 Å². The van der Waals surface area contributed by atoms with E-state index in [1.807, 2.05) is 49.1 Å². The number of aromatic nitrogens is 4. The highest BCUT2D eigenvalue weighted by molar-refractivity contribution is 5.75. The van der Waals surface area contributed by atoms with Crippen LogP contribution in [0.2, 0.25) is 0 Å². The third-order valence-corrected chi connectivity index (χ3v) is 9.47. The molecule has 2 heterocycles. The maximum absolute atomic E-state index is 13.9. The van der Waals surface area contributed by atoms with Gasteiger partial charge in [-0.2, -0.15) is 4.98 Å². The van der Waals surface area contributed by atoms with Gasteiger partial charge in [0.2, 0.25) is 11.8 Å². The Morgan fingerprint density at radius 1 is 1.00 bits per heavy atom. The van der Waals surface area contributed by atoms with Crippen molar-refractivity contribution in [2.75, 3.05) is 7.11 Å². The molecule has 0 radical (unpaired) electrons. The van der Waals surface area contributed by atoms with Crippen molar-refractivity contribution in [3.05, 3.63) is 82.7 Å². The Morgan fingerprint density at radius 3 is 2.30 bits per heavy atom. The smallest absolute Gasteiger partial charge is 0.270 e. The van der Waals surface area contributed by atoms with Gasteiger partial charge >= 0.3 is 0 Å². The first-order valence-corrected chi connectivity index (χ1v) is 16.8. The standard InChI is InChI=1S/C31H34F2N4O2.C7H12/c1-5-19-14-23(31(2,32)33)15-24(19)20-8-6-18(7-9-20)17-39-29-25(21-10-11-21)16-34-28(35-29)26-27(22-12-13-22)37(3)36-30(26)38-4;1-7-5-3-2-4-6-7/h6-9,14-16,19,21-22H,5,10-13,17H2,1-4H3;2-3,7H,4-6H2,1H3. The van der Waals surface area contributed by atoms with Gasteiger partial charge in [0.15, 0.2) is 5.82 Å². The fraction of sp³-hybridized carbons (Fsp3) is 0.500. The minimum atomic E-state index is -2.84. The fourth-order valence-corrected chi connectivity index (χ4v) is 6.40. The lowest BCUT2D eigenvalue weighted by atomic mass is 9.93. The number of hydrogen-bond acceptors (Lipinski definition) is 5. The number of nitrogens with zero attached hydrogens (tertiary/aromatic N) is 4. The zero-order valence-electron chi connectivity index (χ0n) is 27.7. The average Bonchev–Trinajstić information content (AvgIpc) is 3.99. The number of allylic oxidation sites excluding steroid dienone is 6. The molecule has 4 aliphatic rings. The van der Waals surface area contributed by atoms with Gasteiger partial charge in [0.05, 0.1) is 12.8 Å². The van der Waals surface area contributed by atoms with E-state index >= 15 is 0 Å². The molecule has 0 bridgehead atoms. The van der Waals surface area contributed by atoms with E-state index in [1.54, 1.807) is 19.3 Å². The van der Waals surface area contributed by atoms with Gasteiger partial charge in [-0.1, -0.05) is 56.3 Å². The van der Waals surface area contributed by atoms with Gasteiger partial charge < -0.3 is 9.47 Å². The lowest BCUT2D eigenvalue weighted by Crippen LogP contribution is -2.10. The molecule has 2 atom stereocenters. The van der Waals surface area contributed by atoms with Crippen LogP contribution in [0.4, 0.5) is 8.78 Å². The molecule has 0 N–H and O–H groups in total. The van der Waals surface area contributed by atoms with Crippen molar-refractivity contribution in [3.8, 4) is 23.1 Å². The first kappa shape index (κ1) is 32.1. The van der Waals surface area contributed by atoms with Crippen LogP contribution in [-0.4, -0.2) is 32.8 Å². The molecule has 2 saturated carbocycles. The monoisotopic (exact) mass is 628 g/mol. The van der Waals surface area contributed by atoms with E-state index in [-0.39, 0.29) is 11.5 Å². The van der Waals surface area contributed by atoms with Crippen LogP contribution in [0, 0.1) is 11.8 Å². The first-order valence-electron chi connectivity index (χ1n) is 16.8. The molecule has 244 valence electrons. The van der Waals surface area contributed by atoms with E-state index in [9.17, 15) is 8.78 Å². The number of hydrogen-bond donors (Lipinski definition) is 0. The number of benzene rings is 1. The van der Waals surface area contributed by atoms with Crippen LogP contribution in [0.3, 0.4) is 0 Å². The zero-order valence-corrected chi connectivity index (χ0v) is 27.7. The zero-order chi connectivity index (χ0) is 32.4. The average molecular weight is 629 g/mol. The molecule has 0 aliphatic heterocycles. The topological polar surface area (TPSA) is 62.1 Å². The molecule has 4 aliphatic carbocycles. The third-order valence-electron chi connectivity index (χ3n) is 9.47. The highest BCUT2D eigenvalue weighted by Crippen LogP contribution is 2.48. The van der Waals surface area contributed by atoms with E-state index in [4.69, 9.17) is 19.4 Å². The molecule has 0 saturated heterocycles. The summed E-state index contributed by atoms with van der Waals surface area (Å²) < 4.78 is 41.7. The molecule has 0 amide bonds. The Hall–Kier alpha value is -3.81. The Bertz CT molecular complexity index is 1630. The number of rotatable bonds is 10. The summed E-state index contributed by atoms with van der Waals surface area (Å²) in [5.74, 6) is 0.697. The van der Waals surface area contributed by atoms with E-state index in [0.29, 0.717) is 36.0 Å². The van der Waals surface area contributed by atoms with Gasteiger partial charge in [-0.3, -0.25) is 4.68 Å². The summed E-state index contributed by atoms with van der Waals surface area (Å²) in [6.45, 7) is 5.64. The van der Waals surface area contributed by atoms with Crippen molar-refractivity contribution in [3.63, 3.8) is 0 Å². The molecular formula is C38H46F2N4O2. The summed E-state index contributed by atoms with van der Waals surface area (Å²) in [4.78, 5) is 9.61. The molecule has 46 heavy (non-hydrogen) atoms. The lowest BCUT2D eigenvalue weighted by Gasteiger charge is -2.14. The second kappa shape index (κ2) is 13.5. The summed E-state index contributed by atoms with van der Waals surface area (Å²) >= 11 is 0. The van der Waals surface area contributed by atoms with Crippen molar-refractivity contribution in [2.45, 2.75) is 96.5 Å². The van der Waals surface area contributed by atoms with Gasteiger partial charge in [-0.05, 0) is 86.0 Å². The largest absolute Gasteiger partial charge is 0.479 e. The number of methoxy groups -OCH3 is 1. The van der Waals surface area contributed by atoms with Gasteiger partial charge in [-0.25, -0.2) is 13.8 Å². The van der Waals surface area contributed by atoms with E-state index in [2.05, 4.69) is 24.2 Å². The highest BCUT2D eigenvalue weighted by atomic mass is 19.3. The van der Waals surface area contributed by atoms with Crippen molar-refractivity contribution in [2.24, 2.45) is 18.9 Å². The highest BCUT2D eigenvalue weighted by Gasteiger charge is 2.35. The molecule has 0 spiro atoms. The second-order valence-electron chi connectivity index (χ2n) is 13.4. The molecule has 8 heteroatoms. The molecule has 2 aromatic heterocycles. The summed E-state index contributed by atoms with van der Waals surface area (Å²) in [7, 11) is 3.56. The van der Waals surface area contributed by atoms with E-state index in [1.165, 1.54) is 19.3 Å². The van der Waals surface area contributed by atoms with Crippen LogP contribution in [0.5, 0.6) is 11.8 Å². The van der Waals surface area contributed by atoms with Crippen LogP contribution in [0.25, 0.3) is 17.0 Å². The Kier molecular flexibility index (Phi) is 9.44. The normalized spacial score (nSPS) is 20.9. The van der Waals surface area contributed by atoms with Gasteiger partial charge in [0.1, 0.15) is 12.2 Å². The number of aryl methyl sites for hydroxylation is 1. The summed E-state index contributed by atoms with van der Waals surface area (Å²) in [6.07, 6.45) is 19.1. The quantitative estimate of drug-likeness (QED) is 0.209.